The summed E-state index contributed by atoms with van der Waals surface area (Å²) in [7, 11) is 0. The molecule has 0 amide bonds. The van der Waals surface area contributed by atoms with E-state index in [0.29, 0.717) is 6.04 Å². The average molecular weight is 258 g/mol. The summed E-state index contributed by atoms with van der Waals surface area (Å²) in [5, 5.41) is 3.50. The molecule has 104 valence electrons. The van der Waals surface area contributed by atoms with Crippen LogP contribution < -0.4 is 5.32 Å². The van der Waals surface area contributed by atoms with Gasteiger partial charge in [0.2, 0.25) is 0 Å². The zero-order chi connectivity index (χ0) is 13.1. The van der Waals surface area contributed by atoms with Crippen LogP contribution in [0.3, 0.4) is 0 Å². The summed E-state index contributed by atoms with van der Waals surface area (Å²) in [4.78, 5) is 2.67. The molecule has 2 aliphatic heterocycles. The number of anilines is 1. The summed E-state index contributed by atoms with van der Waals surface area (Å²) in [6, 6.07) is 7.72. The summed E-state index contributed by atoms with van der Waals surface area (Å²) in [6.07, 6.45) is 7.92. The van der Waals surface area contributed by atoms with Crippen molar-refractivity contribution >= 4 is 5.69 Å². The number of hydrogen-bond acceptors (Lipinski definition) is 2. The van der Waals surface area contributed by atoms with Crippen molar-refractivity contribution in [3.05, 3.63) is 29.3 Å². The van der Waals surface area contributed by atoms with Crippen LogP contribution >= 0.6 is 0 Å². The molecule has 1 unspecified atom stereocenters. The van der Waals surface area contributed by atoms with Gasteiger partial charge in [-0.25, -0.2) is 0 Å². The summed E-state index contributed by atoms with van der Waals surface area (Å²) in [5.74, 6) is 0. The first-order chi connectivity index (χ1) is 9.33. The summed E-state index contributed by atoms with van der Waals surface area (Å²) >= 11 is 0. The number of nitrogens with one attached hydrogen (secondary N) is 1. The van der Waals surface area contributed by atoms with Crippen LogP contribution in [0.25, 0.3) is 0 Å². The van der Waals surface area contributed by atoms with Gasteiger partial charge in [0, 0.05) is 18.3 Å². The fourth-order valence-electron chi connectivity index (χ4n) is 3.48. The highest BCUT2D eigenvalue weighted by molar-refractivity contribution is 5.54. The number of likely N-dealkylation sites (tertiary alicyclic amines) is 1. The minimum atomic E-state index is 0.690. The highest BCUT2D eigenvalue weighted by Gasteiger charge is 2.17. The third-order valence-electron chi connectivity index (χ3n) is 4.65. The molecule has 1 saturated heterocycles. The van der Waals surface area contributed by atoms with E-state index in [2.05, 4.69) is 35.3 Å². The predicted octanol–water partition coefficient (Wildman–Crippen LogP) is 3.46. The Kier molecular flexibility index (Phi) is 4.07. The number of aryl methyl sites for hydroxylation is 1. The van der Waals surface area contributed by atoms with Crippen molar-refractivity contribution in [1.82, 2.24) is 4.90 Å². The predicted molar refractivity (Wildman–Crippen MR) is 81.8 cm³/mol. The maximum Gasteiger partial charge on any atom is 0.0372 e. The van der Waals surface area contributed by atoms with E-state index in [-0.39, 0.29) is 0 Å². The minimum Gasteiger partial charge on any atom is -0.385 e. The summed E-state index contributed by atoms with van der Waals surface area (Å²) in [6.45, 7) is 6.13. The van der Waals surface area contributed by atoms with Crippen molar-refractivity contribution in [2.75, 3.05) is 25.0 Å². The van der Waals surface area contributed by atoms with Crippen LogP contribution in [-0.2, 0) is 12.8 Å². The van der Waals surface area contributed by atoms with Gasteiger partial charge in [-0.1, -0.05) is 18.6 Å². The Morgan fingerprint density at radius 1 is 1.16 bits per heavy atom. The van der Waals surface area contributed by atoms with E-state index in [1.165, 1.54) is 68.4 Å². The lowest BCUT2D eigenvalue weighted by atomic mass is 9.97. The van der Waals surface area contributed by atoms with Gasteiger partial charge >= 0.3 is 0 Å². The SMILES string of the molecule is CC(Cc1ccc2c(c1)CCCN2)N1CCCCC1. The van der Waals surface area contributed by atoms with Crippen LogP contribution in [0.5, 0.6) is 0 Å². The Balaban J connectivity index is 1.65. The van der Waals surface area contributed by atoms with E-state index >= 15 is 0 Å². The number of fused-ring (bicyclic) bond motifs is 1. The van der Waals surface area contributed by atoms with Gasteiger partial charge in [0.1, 0.15) is 0 Å². The molecule has 1 aromatic carbocycles. The maximum absolute atomic E-state index is 3.50. The Morgan fingerprint density at radius 2 is 2.00 bits per heavy atom. The second kappa shape index (κ2) is 5.96. The van der Waals surface area contributed by atoms with E-state index in [0.717, 1.165) is 6.54 Å². The largest absolute Gasteiger partial charge is 0.385 e. The molecule has 1 fully saturated rings. The van der Waals surface area contributed by atoms with Crippen LogP contribution in [0.15, 0.2) is 18.2 Å². The summed E-state index contributed by atoms with van der Waals surface area (Å²) < 4.78 is 0. The van der Waals surface area contributed by atoms with Crippen molar-refractivity contribution in [1.29, 1.82) is 0 Å². The van der Waals surface area contributed by atoms with Crippen molar-refractivity contribution in [2.24, 2.45) is 0 Å². The van der Waals surface area contributed by atoms with E-state index in [9.17, 15) is 0 Å². The minimum absolute atomic E-state index is 0.690. The third kappa shape index (κ3) is 3.11. The highest BCUT2D eigenvalue weighted by Crippen LogP contribution is 2.24. The molecular weight excluding hydrogens is 232 g/mol. The second-order valence-electron chi connectivity index (χ2n) is 6.17. The fourth-order valence-corrected chi connectivity index (χ4v) is 3.48. The first-order valence-electron chi connectivity index (χ1n) is 7.92. The normalized spacial score (nSPS) is 21.5. The molecule has 0 aliphatic carbocycles. The molecule has 0 spiro atoms. The number of nitrogens with zero attached hydrogens (tertiary/aromatic N) is 1. The molecule has 0 saturated carbocycles. The third-order valence-corrected chi connectivity index (χ3v) is 4.65. The highest BCUT2D eigenvalue weighted by atomic mass is 15.1. The van der Waals surface area contributed by atoms with Gasteiger partial charge in [-0.05, 0) is 69.3 Å². The standard InChI is InChI=1S/C17H26N2/c1-14(19-10-3-2-4-11-19)12-15-7-8-17-16(13-15)6-5-9-18-17/h7-8,13-14,18H,2-6,9-12H2,1H3. The number of rotatable bonds is 3. The monoisotopic (exact) mass is 258 g/mol. The van der Waals surface area contributed by atoms with Gasteiger partial charge in [-0.15, -0.1) is 0 Å². The maximum atomic E-state index is 3.50. The van der Waals surface area contributed by atoms with E-state index in [4.69, 9.17) is 0 Å². The number of piperidine rings is 1. The molecular formula is C17H26N2. The van der Waals surface area contributed by atoms with Gasteiger partial charge in [-0.3, -0.25) is 0 Å². The van der Waals surface area contributed by atoms with E-state index in [1.807, 2.05) is 0 Å². The Hall–Kier alpha value is -1.02. The van der Waals surface area contributed by atoms with Crippen molar-refractivity contribution in [3.63, 3.8) is 0 Å². The number of benzene rings is 1. The van der Waals surface area contributed by atoms with Crippen LogP contribution in [-0.4, -0.2) is 30.6 Å². The van der Waals surface area contributed by atoms with Crippen molar-refractivity contribution in [2.45, 2.75) is 51.5 Å². The van der Waals surface area contributed by atoms with Crippen molar-refractivity contribution < 1.29 is 0 Å². The average Bonchev–Trinajstić information content (AvgIpc) is 2.48. The van der Waals surface area contributed by atoms with Crippen LogP contribution in [0.2, 0.25) is 0 Å². The topological polar surface area (TPSA) is 15.3 Å². The molecule has 1 aromatic rings. The molecule has 0 radical (unpaired) electrons. The first-order valence-corrected chi connectivity index (χ1v) is 7.92. The van der Waals surface area contributed by atoms with Gasteiger partial charge in [0.25, 0.3) is 0 Å². The molecule has 0 bridgehead atoms. The Labute approximate surface area is 117 Å². The molecule has 2 heteroatoms. The molecule has 1 N–H and O–H groups in total. The van der Waals surface area contributed by atoms with Crippen molar-refractivity contribution in [3.8, 4) is 0 Å². The molecule has 2 nitrogen and oxygen atoms in total. The fraction of sp³-hybridized carbons (Fsp3) is 0.647. The second-order valence-corrected chi connectivity index (χ2v) is 6.17. The molecule has 19 heavy (non-hydrogen) atoms. The first kappa shape index (κ1) is 13.0. The zero-order valence-corrected chi connectivity index (χ0v) is 12.1. The van der Waals surface area contributed by atoms with Gasteiger partial charge < -0.3 is 10.2 Å². The molecule has 2 heterocycles. The van der Waals surface area contributed by atoms with Crippen LogP contribution in [0.4, 0.5) is 5.69 Å². The Morgan fingerprint density at radius 3 is 2.84 bits per heavy atom. The quantitative estimate of drug-likeness (QED) is 0.893. The van der Waals surface area contributed by atoms with Gasteiger partial charge in [0.15, 0.2) is 0 Å². The van der Waals surface area contributed by atoms with Gasteiger partial charge in [0.05, 0.1) is 0 Å². The Bertz CT molecular complexity index is 421. The molecule has 1 atom stereocenters. The molecule has 0 aromatic heterocycles. The zero-order valence-electron chi connectivity index (χ0n) is 12.1. The molecule has 2 aliphatic rings. The lowest BCUT2D eigenvalue weighted by Crippen LogP contribution is -2.38. The lowest BCUT2D eigenvalue weighted by Gasteiger charge is -2.32. The lowest BCUT2D eigenvalue weighted by molar-refractivity contribution is 0.173. The van der Waals surface area contributed by atoms with Crippen LogP contribution in [0, 0.1) is 0 Å². The smallest absolute Gasteiger partial charge is 0.0372 e. The van der Waals surface area contributed by atoms with E-state index in [1.54, 1.807) is 0 Å². The van der Waals surface area contributed by atoms with Crippen LogP contribution in [0.1, 0.15) is 43.7 Å². The number of hydrogen-bond donors (Lipinski definition) is 1. The summed E-state index contributed by atoms with van der Waals surface area (Å²) in [5.41, 5.74) is 4.40. The molecule has 3 rings (SSSR count). The van der Waals surface area contributed by atoms with Gasteiger partial charge in [-0.2, -0.15) is 0 Å². The van der Waals surface area contributed by atoms with E-state index < -0.39 is 0 Å².